The molecule has 4 nitrogen and oxygen atoms in total. The smallest absolute Gasteiger partial charge is 0.294 e. The molecule has 2 heterocycles. The average Bonchev–Trinajstić information content (AvgIpc) is 2.91. The number of anilines is 1. The highest BCUT2D eigenvalue weighted by Crippen LogP contribution is 2.31. The summed E-state index contributed by atoms with van der Waals surface area (Å²) in [5.41, 5.74) is 2.02. The summed E-state index contributed by atoms with van der Waals surface area (Å²) in [6.45, 7) is 0.677. The van der Waals surface area contributed by atoms with Crippen molar-refractivity contribution < 1.29 is 13.9 Å². The lowest BCUT2D eigenvalue weighted by molar-refractivity contribution is 0.0958. The van der Waals surface area contributed by atoms with Crippen molar-refractivity contribution in [3.05, 3.63) is 46.9 Å². The molecule has 1 aliphatic rings. The Morgan fingerprint density at radius 3 is 2.90 bits per heavy atom. The Morgan fingerprint density at radius 1 is 1.35 bits per heavy atom. The molecule has 1 aliphatic heterocycles. The fourth-order valence-electron chi connectivity index (χ4n) is 2.47. The number of ether oxygens (including phenoxy) is 1. The molecule has 0 saturated heterocycles. The van der Waals surface area contributed by atoms with Gasteiger partial charge in [-0.05, 0) is 60.3 Å². The highest BCUT2D eigenvalue weighted by Gasteiger charge is 2.25. The molecule has 104 valence electrons. The molecule has 1 aromatic heterocycles. The Kier molecular flexibility index (Phi) is 3.40. The Hall–Kier alpha value is -1.94. The van der Waals surface area contributed by atoms with Crippen molar-refractivity contribution in [3.63, 3.8) is 0 Å². The first-order valence-corrected chi connectivity index (χ1v) is 6.81. The van der Waals surface area contributed by atoms with E-state index in [1.54, 1.807) is 24.1 Å². The standard InChI is InChI=1S/C15H14ClNO3/c1-19-11-4-5-12-10(9-11)3-2-8-17(12)15(18)13-6-7-14(16)20-13/h4-7,9H,2-3,8H2,1H3. The van der Waals surface area contributed by atoms with Crippen LogP contribution >= 0.6 is 11.6 Å². The van der Waals surface area contributed by atoms with E-state index in [2.05, 4.69) is 0 Å². The van der Waals surface area contributed by atoms with Gasteiger partial charge in [0, 0.05) is 12.2 Å². The Balaban J connectivity index is 1.95. The van der Waals surface area contributed by atoms with Crippen LogP contribution in [0.3, 0.4) is 0 Å². The van der Waals surface area contributed by atoms with Crippen LogP contribution in [0.5, 0.6) is 5.75 Å². The van der Waals surface area contributed by atoms with Gasteiger partial charge in [-0.1, -0.05) is 0 Å². The summed E-state index contributed by atoms with van der Waals surface area (Å²) in [4.78, 5) is 14.2. The van der Waals surface area contributed by atoms with Gasteiger partial charge in [0.15, 0.2) is 11.0 Å². The molecule has 0 atom stereocenters. The fourth-order valence-corrected chi connectivity index (χ4v) is 2.62. The number of benzene rings is 1. The third kappa shape index (κ3) is 2.27. The second kappa shape index (κ2) is 5.21. The van der Waals surface area contributed by atoms with Crippen molar-refractivity contribution in [2.45, 2.75) is 12.8 Å². The average molecular weight is 292 g/mol. The van der Waals surface area contributed by atoms with Gasteiger partial charge in [0.05, 0.1) is 7.11 Å². The Bertz CT molecular complexity index is 650. The van der Waals surface area contributed by atoms with Gasteiger partial charge in [-0.25, -0.2) is 0 Å². The van der Waals surface area contributed by atoms with Crippen molar-refractivity contribution in [2.75, 3.05) is 18.6 Å². The van der Waals surface area contributed by atoms with Gasteiger partial charge in [0.1, 0.15) is 5.75 Å². The zero-order chi connectivity index (χ0) is 14.1. The minimum atomic E-state index is -0.164. The lowest BCUT2D eigenvalue weighted by Gasteiger charge is -2.29. The van der Waals surface area contributed by atoms with Crippen LogP contribution in [0.25, 0.3) is 0 Å². The maximum absolute atomic E-state index is 12.5. The summed E-state index contributed by atoms with van der Waals surface area (Å²) in [5.74, 6) is 0.903. The van der Waals surface area contributed by atoms with E-state index in [9.17, 15) is 4.79 Å². The van der Waals surface area contributed by atoms with Crippen molar-refractivity contribution in [3.8, 4) is 5.75 Å². The number of nitrogens with zero attached hydrogens (tertiary/aromatic N) is 1. The molecule has 2 aromatic rings. The third-order valence-corrected chi connectivity index (χ3v) is 3.64. The summed E-state index contributed by atoms with van der Waals surface area (Å²) in [7, 11) is 1.64. The second-order valence-electron chi connectivity index (χ2n) is 4.66. The molecule has 1 amide bonds. The number of hydrogen-bond donors (Lipinski definition) is 0. The van der Waals surface area contributed by atoms with Crippen molar-refractivity contribution in [2.24, 2.45) is 0 Å². The zero-order valence-corrected chi connectivity index (χ0v) is 11.8. The minimum Gasteiger partial charge on any atom is -0.497 e. The molecular weight excluding hydrogens is 278 g/mol. The summed E-state index contributed by atoms with van der Waals surface area (Å²) in [6, 6.07) is 8.93. The quantitative estimate of drug-likeness (QED) is 0.850. The molecule has 5 heteroatoms. The van der Waals surface area contributed by atoms with Crippen LogP contribution in [-0.2, 0) is 6.42 Å². The monoisotopic (exact) mass is 291 g/mol. The number of methoxy groups -OCH3 is 1. The van der Waals surface area contributed by atoms with Crippen molar-refractivity contribution in [1.29, 1.82) is 0 Å². The molecule has 0 unspecified atom stereocenters. The van der Waals surface area contributed by atoms with E-state index in [0.29, 0.717) is 6.54 Å². The lowest BCUT2D eigenvalue weighted by Crippen LogP contribution is -2.35. The maximum atomic E-state index is 12.5. The van der Waals surface area contributed by atoms with Gasteiger partial charge in [-0.15, -0.1) is 0 Å². The molecular formula is C15H14ClNO3. The number of hydrogen-bond acceptors (Lipinski definition) is 3. The van der Waals surface area contributed by atoms with Gasteiger partial charge in [-0.2, -0.15) is 0 Å². The topological polar surface area (TPSA) is 42.7 Å². The van der Waals surface area contributed by atoms with E-state index in [1.807, 2.05) is 18.2 Å². The predicted molar refractivity (Wildman–Crippen MR) is 76.7 cm³/mol. The van der Waals surface area contributed by atoms with Gasteiger partial charge < -0.3 is 14.1 Å². The molecule has 0 radical (unpaired) electrons. The highest BCUT2D eigenvalue weighted by atomic mass is 35.5. The number of fused-ring (bicyclic) bond motifs is 1. The number of furan rings is 1. The van der Waals surface area contributed by atoms with E-state index in [1.165, 1.54) is 0 Å². The first kappa shape index (κ1) is 13.1. The van der Waals surface area contributed by atoms with E-state index < -0.39 is 0 Å². The molecule has 0 saturated carbocycles. The fraction of sp³-hybridized carbons (Fsp3) is 0.267. The number of rotatable bonds is 2. The number of carbonyl (C=O) groups excluding carboxylic acids is 1. The molecule has 0 N–H and O–H groups in total. The van der Waals surface area contributed by atoms with Crippen LogP contribution < -0.4 is 9.64 Å². The van der Waals surface area contributed by atoms with E-state index >= 15 is 0 Å². The van der Waals surface area contributed by atoms with Crippen molar-refractivity contribution in [1.82, 2.24) is 0 Å². The summed E-state index contributed by atoms with van der Waals surface area (Å²) >= 11 is 5.73. The maximum Gasteiger partial charge on any atom is 0.294 e. The number of carbonyl (C=O) groups is 1. The normalized spacial score (nSPS) is 14.0. The van der Waals surface area contributed by atoms with Crippen LogP contribution in [-0.4, -0.2) is 19.6 Å². The Labute approximate surface area is 121 Å². The summed E-state index contributed by atoms with van der Waals surface area (Å²) in [6.07, 6.45) is 1.86. The van der Waals surface area contributed by atoms with Crippen LogP contribution in [0.15, 0.2) is 34.7 Å². The van der Waals surface area contributed by atoms with Gasteiger partial charge in [0.25, 0.3) is 5.91 Å². The molecule has 1 aromatic carbocycles. The molecule has 3 rings (SSSR count). The van der Waals surface area contributed by atoms with Crippen LogP contribution in [0.4, 0.5) is 5.69 Å². The second-order valence-corrected chi connectivity index (χ2v) is 5.03. The number of amides is 1. The Morgan fingerprint density at radius 2 is 2.20 bits per heavy atom. The van der Waals surface area contributed by atoms with Gasteiger partial charge >= 0.3 is 0 Å². The van der Waals surface area contributed by atoms with Gasteiger partial charge in [0.2, 0.25) is 0 Å². The van der Waals surface area contributed by atoms with E-state index in [-0.39, 0.29) is 16.9 Å². The molecule has 0 fully saturated rings. The molecule has 20 heavy (non-hydrogen) atoms. The molecule has 0 bridgehead atoms. The largest absolute Gasteiger partial charge is 0.497 e. The van der Waals surface area contributed by atoms with Crippen LogP contribution in [0.1, 0.15) is 22.5 Å². The van der Waals surface area contributed by atoms with Crippen molar-refractivity contribution >= 4 is 23.2 Å². The minimum absolute atomic E-state index is 0.164. The van der Waals surface area contributed by atoms with Crippen LogP contribution in [0.2, 0.25) is 5.22 Å². The van der Waals surface area contributed by atoms with Gasteiger partial charge in [-0.3, -0.25) is 4.79 Å². The predicted octanol–water partition coefficient (Wildman–Crippen LogP) is 3.53. The first-order chi connectivity index (χ1) is 9.69. The number of aryl methyl sites for hydroxylation is 1. The lowest BCUT2D eigenvalue weighted by atomic mass is 10.0. The molecule has 0 spiro atoms. The van der Waals surface area contributed by atoms with Crippen LogP contribution in [0, 0.1) is 0 Å². The summed E-state index contributed by atoms with van der Waals surface area (Å²) < 4.78 is 10.4. The highest BCUT2D eigenvalue weighted by molar-refractivity contribution is 6.29. The van der Waals surface area contributed by atoms with E-state index in [4.69, 9.17) is 20.8 Å². The summed E-state index contributed by atoms with van der Waals surface area (Å²) in [5, 5.41) is 0.223. The molecule has 0 aliphatic carbocycles. The SMILES string of the molecule is COc1ccc2c(c1)CCCN2C(=O)c1ccc(Cl)o1. The first-order valence-electron chi connectivity index (χ1n) is 6.43. The number of halogens is 1. The van der Waals surface area contributed by atoms with E-state index in [0.717, 1.165) is 29.8 Å². The zero-order valence-electron chi connectivity index (χ0n) is 11.1. The third-order valence-electron chi connectivity index (χ3n) is 3.43.